The van der Waals surface area contributed by atoms with Gasteiger partial charge in [0.05, 0.1) is 23.3 Å². The van der Waals surface area contributed by atoms with Gasteiger partial charge in [0.1, 0.15) is 0 Å². The molecule has 1 aromatic carbocycles. The van der Waals surface area contributed by atoms with Gasteiger partial charge in [0.2, 0.25) is 5.91 Å². The van der Waals surface area contributed by atoms with Gasteiger partial charge in [-0.2, -0.15) is 4.99 Å². The van der Waals surface area contributed by atoms with Crippen LogP contribution in [0.4, 0.5) is 5.69 Å². The molecular weight excluding hydrogens is 378 g/mol. The molecule has 2 amide bonds. The third kappa shape index (κ3) is 5.28. The zero-order valence-electron chi connectivity index (χ0n) is 15.9. The van der Waals surface area contributed by atoms with E-state index < -0.39 is 5.97 Å². The van der Waals surface area contributed by atoms with Crippen LogP contribution < -0.4 is 5.32 Å². The number of amides is 2. The summed E-state index contributed by atoms with van der Waals surface area (Å²) in [5.74, 6) is -0.938. The van der Waals surface area contributed by atoms with E-state index in [1.165, 1.54) is 0 Å². The molecule has 1 atom stereocenters. The van der Waals surface area contributed by atoms with Gasteiger partial charge in [-0.1, -0.05) is 24.2 Å². The molecule has 0 bridgehead atoms. The molecule has 148 valence electrons. The molecule has 1 fully saturated rings. The molecule has 1 aliphatic heterocycles. The predicted octanol–water partition coefficient (Wildman–Crippen LogP) is 3.45. The highest BCUT2D eigenvalue weighted by molar-refractivity contribution is 8.14. The zero-order valence-corrected chi connectivity index (χ0v) is 16.8. The van der Waals surface area contributed by atoms with Crippen molar-refractivity contribution in [2.24, 2.45) is 15.9 Å². The highest BCUT2D eigenvalue weighted by atomic mass is 32.2. The molecule has 7 nitrogen and oxygen atoms in total. The molecule has 0 saturated heterocycles. The average Bonchev–Trinajstić information content (AvgIpc) is 2.66. The van der Waals surface area contributed by atoms with Crippen molar-refractivity contribution in [3.8, 4) is 0 Å². The molecule has 1 saturated carbocycles. The number of carbonyl (C=O) groups excluding carboxylic acids is 3. The van der Waals surface area contributed by atoms with Crippen molar-refractivity contribution < 1.29 is 19.1 Å². The molecule has 8 heteroatoms. The summed E-state index contributed by atoms with van der Waals surface area (Å²) in [6, 6.07) is 6.58. The summed E-state index contributed by atoms with van der Waals surface area (Å²) in [5, 5.41) is 3.09. The van der Waals surface area contributed by atoms with E-state index in [2.05, 4.69) is 15.3 Å². The summed E-state index contributed by atoms with van der Waals surface area (Å²) in [6.07, 6.45) is 3.49. The number of nitrogens with one attached hydrogen (secondary N) is 1. The second-order valence-corrected chi connectivity index (χ2v) is 7.95. The summed E-state index contributed by atoms with van der Waals surface area (Å²) < 4.78 is 5.16. The lowest BCUT2D eigenvalue weighted by Gasteiger charge is -2.24. The van der Waals surface area contributed by atoms with Gasteiger partial charge < -0.3 is 10.1 Å². The number of ether oxygens (including phenoxy) is 1. The van der Waals surface area contributed by atoms with Crippen molar-refractivity contribution in [2.45, 2.75) is 45.6 Å². The van der Waals surface area contributed by atoms with Crippen molar-refractivity contribution in [1.82, 2.24) is 0 Å². The maximum atomic E-state index is 12.2. The van der Waals surface area contributed by atoms with E-state index in [9.17, 15) is 14.4 Å². The quantitative estimate of drug-likeness (QED) is 0.762. The van der Waals surface area contributed by atoms with Gasteiger partial charge in [0.15, 0.2) is 5.17 Å². The summed E-state index contributed by atoms with van der Waals surface area (Å²) in [4.78, 5) is 44.8. The third-order valence-corrected chi connectivity index (χ3v) is 5.23. The Labute approximate surface area is 168 Å². The van der Waals surface area contributed by atoms with Crippen LogP contribution in [0.3, 0.4) is 0 Å². The number of hydrogen-bond donors (Lipinski definition) is 1. The van der Waals surface area contributed by atoms with Crippen LogP contribution in [0.15, 0.2) is 34.3 Å². The second kappa shape index (κ2) is 9.14. The number of esters is 1. The van der Waals surface area contributed by atoms with Gasteiger partial charge in [0.25, 0.3) is 5.91 Å². The van der Waals surface area contributed by atoms with Gasteiger partial charge >= 0.3 is 5.97 Å². The van der Waals surface area contributed by atoms with Crippen LogP contribution in [0.25, 0.3) is 0 Å². The first-order valence-corrected chi connectivity index (χ1v) is 10.3. The van der Waals surface area contributed by atoms with E-state index in [0.29, 0.717) is 16.4 Å². The largest absolute Gasteiger partial charge is 0.459 e. The van der Waals surface area contributed by atoms with Crippen molar-refractivity contribution in [3.05, 3.63) is 29.8 Å². The Morgan fingerprint density at radius 3 is 2.89 bits per heavy atom. The Bertz CT molecular complexity index is 848. The minimum absolute atomic E-state index is 0.0776. The number of anilines is 1. The fraction of sp³-hybridized carbons (Fsp3) is 0.450. The van der Waals surface area contributed by atoms with Crippen LogP contribution in [0.2, 0.25) is 0 Å². The highest BCUT2D eigenvalue weighted by Crippen LogP contribution is 2.27. The molecule has 0 aromatic heterocycles. The van der Waals surface area contributed by atoms with Crippen LogP contribution >= 0.6 is 11.8 Å². The SMILES string of the molecule is CC(C)OC(=O)c1cccc(NC(=O)CSC2=NC(=O)C3CCCCC3=N2)c1. The van der Waals surface area contributed by atoms with Gasteiger partial charge in [-0.15, -0.1) is 0 Å². The fourth-order valence-electron chi connectivity index (χ4n) is 3.11. The summed E-state index contributed by atoms with van der Waals surface area (Å²) in [5.41, 5.74) is 1.77. The number of rotatable bonds is 5. The smallest absolute Gasteiger partial charge is 0.338 e. The first-order valence-electron chi connectivity index (χ1n) is 9.36. The van der Waals surface area contributed by atoms with Crippen LogP contribution in [0, 0.1) is 5.92 Å². The molecule has 1 heterocycles. The highest BCUT2D eigenvalue weighted by Gasteiger charge is 2.30. The molecule has 0 spiro atoms. The van der Waals surface area contributed by atoms with E-state index in [1.807, 2.05) is 0 Å². The topological polar surface area (TPSA) is 97.2 Å². The van der Waals surface area contributed by atoms with E-state index in [4.69, 9.17) is 4.74 Å². The number of amidine groups is 1. The monoisotopic (exact) mass is 401 g/mol. The molecule has 3 rings (SSSR count). The van der Waals surface area contributed by atoms with Crippen molar-refractivity contribution in [2.75, 3.05) is 11.1 Å². The van der Waals surface area contributed by atoms with E-state index in [1.54, 1.807) is 38.1 Å². The Morgan fingerprint density at radius 1 is 1.29 bits per heavy atom. The Kier molecular flexibility index (Phi) is 6.61. The third-order valence-electron chi connectivity index (χ3n) is 4.38. The lowest BCUT2D eigenvalue weighted by Crippen LogP contribution is -2.30. The number of benzene rings is 1. The summed E-state index contributed by atoms with van der Waals surface area (Å²) in [6.45, 7) is 3.55. The normalized spacial score (nSPS) is 18.8. The maximum Gasteiger partial charge on any atom is 0.338 e. The second-order valence-electron chi connectivity index (χ2n) is 7.01. The number of aliphatic imine (C=N–C) groups is 2. The zero-order chi connectivity index (χ0) is 20.1. The number of hydrogen-bond acceptors (Lipinski definition) is 6. The molecule has 0 radical (unpaired) electrons. The van der Waals surface area contributed by atoms with E-state index in [0.717, 1.165) is 43.2 Å². The van der Waals surface area contributed by atoms with Crippen molar-refractivity contribution in [3.63, 3.8) is 0 Å². The predicted molar refractivity (Wildman–Crippen MR) is 110 cm³/mol. The number of thioether (sulfide) groups is 1. The Balaban J connectivity index is 1.56. The van der Waals surface area contributed by atoms with Gasteiger partial charge in [-0.25, -0.2) is 9.79 Å². The Hall–Kier alpha value is -2.48. The molecule has 1 aromatic rings. The summed E-state index contributed by atoms with van der Waals surface area (Å²) >= 11 is 1.14. The molecule has 1 unspecified atom stereocenters. The van der Waals surface area contributed by atoms with Crippen LogP contribution in [0.1, 0.15) is 49.9 Å². The van der Waals surface area contributed by atoms with Crippen molar-refractivity contribution in [1.29, 1.82) is 0 Å². The minimum Gasteiger partial charge on any atom is -0.459 e. The lowest BCUT2D eigenvalue weighted by atomic mass is 9.86. The van der Waals surface area contributed by atoms with Gasteiger partial charge in [-0.3, -0.25) is 9.59 Å². The fourth-order valence-corrected chi connectivity index (χ4v) is 3.78. The average molecular weight is 401 g/mol. The van der Waals surface area contributed by atoms with Gasteiger partial charge in [0, 0.05) is 11.4 Å². The number of carbonyl (C=O) groups is 3. The van der Waals surface area contributed by atoms with Crippen LogP contribution in [-0.2, 0) is 14.3 Å². The molecular formula is C20H23N3O4S. The lowest BCUT2D eigenvalue weighted by molar-refractivity contribution is -0.120. The number of fused-ring (bicyclic) bond motifs is 1. The van der Waals surface area contributed by atoms with Crippen LogP contribution in [0.5, 0.6) is 0 Å². The first kappa shape index (κ1) is 20.3. The van der Waals surface area contributed by atoms with Crippen molar-refractivity contribution >= 4 is 46.1 Å². The molecule has 2 aliphatic rings. The summed E-state index contributed by atoms with van der Waals surface area (Å²) in [7, 11) is 0. The maximum absolute atomic E-state index is 12.2. The standard InChI is InChI=1S/C20H23N3O4S/c1-12(2)27-19(26)13-6-5-7-14(10-13)21-17(24)11-28-20-22-16-9-4-3-8-15(16)18(25)23-20/h5-7,10,12,15H,3-4,8-9,11H2,1-2H3,(H,21,24). The van der Waals surface area contributed by atoms with Crippen LogP contribution in [-0.4, -0.2) is 40.5 Å². The molecule has 1 N–H and O–H groups in total. The molecule has 28 heavy (non-hydrogen) atoms. The number of nitrogens with zero attached hydrogens (tertiary/aromatic N) is 2. The van der Waals surface area contributed by atoms with E-state index >= 15 is 0 Å². The van der Waals surface area contributed by atoms with E-state index in [-0.39, 0.29) is 29.6 Å². The minimum atomic E-state index is -0.437. The first-order chi connectivity index (χ1) is 13.4. The Morgan fingerprint density at radius 2 is 2.11 bits per heavy atom. The van der Waals surface area contributed by atoms with Gasteiger partial charge in [-0.05, 0) is 51.3 Å². The molecule has 1 aliphatic carbocycles.